The normalized spacial score (nSPS) is 13.0. The summed E-state index contributed by atoms with van der Waals surface area (Å²) in [5.74, 6) is 0. The van der Waals surface area contributed by atoms with Crippen LogP contribution in [0.3, 0.4) is 0 Å². The minimum absolute atomic E-state index is 0.734. The van der Waals surface area contributed by atoms with E-state index in [1.807, 2.05) is 29.1 Å². The second-order valence-electron chi connectivity index (χ2n) is 6.96. The molecule has 5 rings (SSSR count). The first-order valence-corrected chi connectivity index (χ1v) is 9.21. The van der Waals surface area contributed by atoms with Crippen molar-refractivity contribution in [2.75, 3.05) is 4.90 Å². The number of rotatable bonds is 4. The zero-order valence-electron chi connectivity index (χ0n) is 15.0. The number of hydrogen-bond acceptors (Lipinski definition) is 3. The van der Waals surface area contributed by atoms with Crippen LogP contribution >= 0.6 is 0 Å². The Hall–Kier alpha value is -3.40. The topological polar surface area (TPSA) is 34.0 Å². The van der Waals surface area contributed by atoms with Gasteiger partial charge in [0.2, 0.25) is 0 Å². The second kappa shape index (κ2) is 6.72. The molecule has 3 aromatic carbocycles. The predicted octanol–water partition coefficient (Wildman–Crippen LogP) is 4.51. The van der Waals surface area contributed by atoms with Crippen molar-refractivity contribution in [3.63, 3.8) is 0 Å². The zero-order valence-corrected chi connectivity index (χ0v) is 15.0. The van der Waals surface area contributed by atoms with Gasteiger partial charge in [-0.2, -0.15) is 0 Å². The quantitative estimate of drug-likeness (QED) is 0.542. The number of benzene rings is 3. The Bertz CT molecular complexity index is 1030. The van der Waals surface area contributed by atoms with Crippen molar-refractivity contribution in [1.82, 2.24) is 15.0 Å². The van der Waals surface area contributed by atoms with E-state index in [-0.39, 0.29) is 0 Å². The lowest BCUT2D eigenvalue weighted by Crippen LogP contribution is -2.14. The van der Waals surface area contributed by atoms with Crippen LogP contribution in [0.2, 0.25) is 0 Å². The van der Waals surface area contributed by atoms with Crippen LogP contribution in [0.25, 0.3) is 11.3 Å². The Morgan fingerprint density at radius 3 is 2.11 bits per heavy atom. The Morgan fingerprint density at radius 2 is 1.41 bits per heavy atom. The number of nitrogens with zero attached hydrogens (tertiary/aromatic N) is 4. The van der Waals surface area contributed by atoms with Gasteiger partial charge in [-0.1, -0.05) is 71.9 Å². The van der Waals surface area contributed by atoms with Gasteiger partial charge in [0, 0.05) is 24.3 Å². The summed E-state index contributed by atoms with van der Waals surface area (Å²) >= 11 is 0. The summed E-state index contributed by atoms with van der Waals surface area (Å²) in [6, 6.07) is 27.6. The van der Waals surface area contributed by atoms with E-state index in [0.29, 0.717) is 0 Å². The summed E-state index contributed by atoms with van der Waals surface area (Å²) in [4.78, 5) is 2.40. The number of aromatic nitrogens is 3. The molecule has 0 unspecified atom stereocenters. The van der Waals surface area contributed by atoms with Gasteiger partial charge in [0.05, 0.1) is 12.7 Å². The molecule has 0 fully saturated rings. The van der Waals surface area contributed by atoms with E-state index in [1.165, 1.54) is 22.4 Å². The van der Waals surface area contributed by atoms with Gasteiger partial charge >= 0.3 is 0 Å². The van der Waals surface area contributed by atoms with Gasteiger partial charge < -0.3 is 4.90 Å². The lowest BCUT2D eigenvalue weighted by Gasteiger charge is -2.17. The summed E-state index contributed by atoms with van der Waals surface area (Å²) in [5.41, 5.74) is 7.30. The molecule has 0 spiro atoms. The first-order valence-electron chi connectivity index (χ1n) is 9.21. The fourth-order valence-electron chi connectivity index (χ4n) is 3.64. The highest BCUT2D eigenvalue weighted by atomic mass is 15.4. The molecule has 0 atom stereocenters. The summed E-state index contributed by atoms with van der Waals surface area (Å²) in [5, 5.41) is 8.61. The van der Waals surface area contributed by atoms with Crippen LogP contribution in [0.1, 0.15) is 16.7 Å². The number of hydrogen-bond donors (Lipinski definition) is 0. The van der Waals surface area contributed by atoms with E-state index < -0.39 is 0 Å². The molecule has 1 aromatic heterocycles. The van der Waals surface area contributed by atoms with Crippen molar-refractivity contribution < 1.29 is 0 Å². The maximum Gasteiger partial charge on any atom is 0.113 e. The van der Waals surface area contributed by atoms with Gasteiger partial charge in [-0.3, -0.25) is 0 Å². The highest BCUT2D eigenvalue weighted by Crippen LogP contribution is 2.29. The van der Waals surface area contributed by atoms with Crippen molar-refractivity contribution in [2.45, 2.75) is 19.6 Å². The predicted molar refractivity (Wildman–Crippen MR) is 107 cm³/mol. The molecule has 4 heteroatoms. The Morgan fingerprint density at radius 1 is 0.741 bits per heavy atom. The molecule has 0 N–H and O–H groups in total. The fourth-order valence-corrected chi connectivity index (χ4v) is 3.64. The Labute approximate surface area is 158 Å². The van der Waals surface area contributed by atoms with Gasteiger partial charge in [-0.15, -0.1) is 5.10 Å². The molecule has 132 valence electrons. The molecule has 27 heavy (non-hydrogen) atoms. The van der Waals surface area contributed by atoms with Crippen LogP contribution in [0.15, 0.2) is 85.1 Å². The van der Waals surface area contributed by atoms with E-state index in [9.17, 15) is 0 Å². The summed E-state index contributed by atoms with van der Waals surface area (Å²) in [7, 11) is 0. The molecule has 4 nitrogen and oxygen atoms in total. The molecule has 4 aromatic rings. The van der Waals surface area contributed by atoms with Crippen LogP contribution in [0.5, 0.6) is 0 Å². The van der Waals surface area contributed by atoms with Crippen LogP contribution in [-0.4, -0.2) is 15.0 Å². The second-order valence-corrected chi connectivity index (χ2v) is 6.96. The molecular weight excluding hydrogens is 332 g/mol. The first kappa shape index (κ1) is 15.8. The van der Waals surface area contributed by atoms with Crippen molar-refractivity contribution in [3.05, 3.63) is 102 Å². The molecule has 0 amide bonds. The largest absolute Gasteiger partial charge is 0.363 e. The van der Waals surface area contributed by atoms with Crippen LogP contribution < -0.4 is 4.90 Å². The average Bonchev–Trinajstić information content (AvgIpc) is 3.36. The number of anilines is 1. The average molecular weight is 352 g/mol. The molecule has 1 aliphatic rings. The molecular formula is C23H20N4. The lowest BCUT2D eigenvalue weighted by molar-refractivity contribution is 0.650. The van der Waals surface area contributed by atoms with E-state index in [4.69, 9.17) is 0 Å². The molecule has 2 heterocycles. The third-order valence-electron chi connectivity index (χ3n) is 5.10. The zero-order chi connectivity index (χ0) is 18.1. The molecule has 0 saturated heterocycles. The smallest absolute Gasteiger partial charge is 0.113 e. The van der Waals surface area contributed by atoms with Crippen molar-refractivity contribution >= 4 is 5.69 Å². The molecule has 0 aliphatic carbocycles. The van der Waals surface area contributed by atoms with E-state index in [2.05, 4.69) is 75.9 Å². The van der Waals surface area contributed by atoms with Crippen molar-refractivity contribution in [1.29, 1.82) is 0 Å². The fraction of sp³-hybridized carbons (Fsp3) is 0.130. The van der Waals surface area contributed by atoms with Gasteiger partial charge in [0.15, 0.2) is 0 Å². The minimum Gasteiger partial charge on any atom is -0.363 e. The van der Waals surface area contributed by atoms with Gasteiger partial charge in [-0.25, -0.2) is 4.68 Å². The summed E-state index contributed by atoms with van der Waals surface area (Å²) in [6.45, 7) is 2.68. The third kappa shape index (κ3) is 3.22. The molecule has 1 aliphatic heterocycles. The Kier molecular flexibility index (Phi) is 3.94. The SMILES string of the molecule is c1ccc(Cn2cc(-c3ccc(N4Cc5ccccc5C4)cc3)nn2)cc1. The van der Waals surface area contributed by atoms with Crippen molar-refractivity contribution in [2.24, 2.45) is 0 Å². The molecule has 0 bridgehead atoms. The summed E-state index contributed by atoms with van der Waals surface area (Å²) < 4.78 is 1.88. The van der Waals surface area contributed by atoms with Gasteiger partial charge in [0.1, 0.15) is 5.69 Å². The van der Waals surface area contributed by atoms with Crippen molar-refractivity contribution in [3.8, 4) is 11.3 Å². The van der Waals surface area contributed by atoms with Gasteiger partial charge in [0.25, 0.3) is 0 Å². The third-order valence-corrected chi connectivity index (χ3v) is 5.10. The molecule has 0 radical (unpaired) electrons. The number of fused-ring (bicyclic) bond motifs is 1. The van der Waals surface area contributed by atoms with E-state index in [1.54, 1.807) is 0 Å². The van der Waals surface area contributed by atoms with E-state index >= 15 is 0 Å². The van der Waals surface area contributed by atoms with Crippen LogP contribution in [-0.2, 0) is 19.6 Å². The molecule has 0 saturated carbocycles. The standard InChI is InChI=1S/C23H20N4/c1-2-6-18(7-3-1)14-27-17-23(24-25-27)19-10-12-22(13-11-19)26-15-20-8-4-5-9-21(20)16-26/h1-13,17H,14-16H2. The van der Waals surface area contributed by atoms with Crippen LogP contribution in [0.4, 0.5) is 5.69 Å². The first-order chi connectivity index (χ1) is 13.3. The summed E-state index contributed by atoms with van der Waals surface area (Å²) in [6.07, 6.45) is 2.01. The lowest BCUT2D eigenvalue weighted by atomic mass is 10.1. The van der Waals surface area contributed by atoms with Gasteiger partial charge in [-0.05, 0) is 28.8 Å². The van der Waals surface area contributed by atoms with E-state index in [0.717, 1.165) is 30.9 Å². The van der Waals surface area contributed by atoms with Crippen LogP contribution in [0, 0.1) is 0 Å². The minimum atomic E-state index is 0.734. The monoisotopic (exact) mass is 352 g/mol. The maximum atomic E-state index is 4.34. The highest BCUT2D eigenvalue weighted by Gasteiger charge is 2.18. The Balaban J connectivity index is 1.31. The highest BCUT2D eigenvalue weighted by molar-refractivity contribution is 5.63. The maximum absolute atomic E-state index is 4.34.